The monoisotopic (exact) mass is 269 g/mol. The molecule has 0 spiro atoms. The van der Waals surface area contributed by atoms with E-state index < -0.39 is 0 Å². The molecule has 0 saturated heterocycles. The quantitative estimate of drug-likeness (QED) is 0.914. The van der Waals surface area contributed by atoms with Crippen molar-refractivity contribution in [2.45, 2.75) is 26.8 Å². The molecule has 1 heterocycles. The van der Waals surface area contributed by atoms with Crippen molar-refractivity contribution in [1.29, 1.82) is 5.26 Å². The molecule has 20 heavy (non-hydrogen) atoms. The van der Waals surface area contributed by atoms with E-state index in [1.807, 2.05) is 38.1 Å². The Morgan fingerprint density at radius 3 is 3.00 bits per heavy atom. The van der Waals surface area contributed by atoms with Crippen LogP contribution in [-0.2, 0) is 17.8 Å². The minimum Gasteiger partial charge on any atom is -0.324 e. The lowest BCUT2D eigenvalue weighted by atomic mass is 10.1. The average Bonchev–Trinajstić information content (AvgIpc) is 2.88. The number of rotatable bonds is 4. The summed E-state index contributed by atoms with van der Waals surface area (Å²) in [6.45, 7) is 4.01. The van der Waals surface area contributed by atoms with E-state index in [0.29, 0.717) is 0 Å². The van der Waals surface area contributed by atoms with Crippen LogP contribution >= 0.6 is 0 Å². The van der Waals surface area contributed by atoms with Gasteiger partial charge in [0, 0.05) is 5.69 Å². The second kappa shape index (κ2) is 5.97. The van der Waals surface area contributed by atoms with E-state index in [-0.39, 0.29) is 18.3 Å². The van der Waals surface area contributed by atoms with Crippen molar-refractivity contribution < 1.29 is 4.79 Å². The van der Waals surface area contributed by atoms with Crippen LogP contribution in [0.1, 0.15) is 23.9 Å². The van der Waals surface area contributed by atoms with Crippen molar-refractivity contribution in [2.24, 2.45) is 0 Å². The number of nitrogens with one attached hydrogen (secondary N) is 1. The van der Waals surface area contributed by atoms with Gasteiger partial charge >= 0.3 is 0 Å². The molecule has 0 aliphatic carbocycles. The second-order valence-corrected chi connectivity index (χ2v) is 4.41. The first-order valence-corrected chi connectivity index (χ1v) is 6.32. The van der Waals surface area contributed by atoms with Crippen molar-refractivity contribution in [1.82, 2.24) is 14.8 Å². The first kappa shape index (κ1) is 13.7. The zero-order chi connectivity index (χ0) is 14.5. The molecule has 1 aromatic heterocycles. The van der Waals surface area contributed by atoms with Crippen LogP contribution in [0.3, 0.4) is 0 Å². The molecule has 0 aliphatic rings. The highest BCUT2D eigenvalue weighted by molar-refractivity contribution is 5.92. The predicted molar refractivity (Wildman–Crippen MR) is 73.9 cm³/mol. The summed E-state index contributed by atoms with van der Waals surface area (Å²) in [6, 6.07) is 7.80. The van der Waals surface area contributed by atoms with E-state index in [9.17, 15) is 4.79 Å². The fraction of sp³-hybridized carbons (Fsp3) is 0.286. The van der Waals surface area contributed by atoms with Crippen LogP contribution in [0.5, 0.6) is 0 Å². The molecule has 0 unspecified atom stereocenters. The van der Waals surface area contributed by atoms with Gasteiger partial charge in [-0.3, -0.25) is 9.36 Å². The van der Waals surface area contributed by atoms with Crippen LogP contribution in [0.4, 0.5) is 5.69 Å². The molecule has 1 amide bonds. The maximum Gasteiger partial charge on any atom is 0.244 e. The Labute approximate surface area is 117 Å². The van der Waals surface area contributed by atoms with Gasteiger partial charge in [-0.15, -0.1) is 10.2 Å². The Morgan fingerprint density at radius 2 is 2.30 bits per heavy atom. The van der Waals surface area contributed by atoms with E-state index in [2.05, 4.69) is 15.5 Å². The molecule has 0 radical (unpaired) electrons. The summed E-state index contributed by atoms with van der Waals surface area (Å²) in [5, 5.41) is 19.0. The maximum atomic E-state index is 12.1. The third-order valence-corrected chi connectivity index (χ3v) is 3.03. The molecular formula is C14H15N5O. The fourth-order valence-electron chi connectivity index (χ4n) is 1.99. The Morgan fingerprint density at radius 1 is 1.50 bits per heavy atom. The van der Waals surface area contributed by atoms with Gasteiger partial charge in [-0.25, -0.2) is 0 Å². The molecule has 1 N–H and O–H groups in total. The van der Waals surface area contributed by atoms with E-state index in [4.69, 9.17) is 5.26 Å². The smallest absolute Gasteiger partial charge is 0.244 e. The maximum absolute atomic E-state index is 12.1. The Hall–Kier alpha value is -2.68. The van der Waals surface area contributed by atoms with Crippen LogP contribution in [0.2, 0.25) is 0 Å². The first-order chi connectivity index (χ1) is 9.65. The summed E-state index contributed by atoms with van der Waals surface area (Å²) in [4.78, 5) is 12.1. The highest BCUT2D eigenvalue weighted by Crippen LogP contribution is 2.21. The highest BCUT2D eigenvalue weighted by atomic mass is 16.1. The number of benzene rings is 1. The fourth-order valence-corrected chi connectivity index (χ4v) is 1.99. The zero-order valence-corrected chi connectivity index (χ0v) is 11.4. The standard InChI is InChI=1S/C14H15N5O/c1-3-11-6-4-5-10(2)14(11)17-13(20)8-19-9-16-18-12(19)7-15/h4-6,9H,3,8H2,1-2H3,(H,17,20). The van der Waals surface area contributed by atoms with Crippen molar-refractivity contribution in [3.8, 4) is 6.07 Å². The van der Waals surface area contributed by atoms with Crippen molar-refractivity contribution in [3.63, 3.8) is 0 Å². The third-order valence-electron chi connectivity index (χ3n) is 3.03. The molecule has 2 rings (SSSR count). The van der Waals surface area contributed by atoms with Gasteiger partial charge in [0.05, 0.1) is 0 Å². The molecular weight excluding hydrogens is 254 g/mol. The molecule has 0 bridgehead atoms. The van der Waals surface area contributed by atoms with Crippen molar-refractivity contribution >= 4 is 11.6 Å². The molecule has 0 saturated carbocycles. The van der Waals surface area contributed by atoms with E-state index in [1.54, 1.807) is 0 Å². The van der Waals surface area contributed by atoms with Crippen molar-refractivity contribution in [3.05, 3.63) is 41.5 Å². The molecule has 0 atom stereocenters. The minimum absolute atomic E-state index is 0.0212. The number of nitriles is 1. The minimum atomic E-state index is -0.203. The van der Waals surface area contributed by atoms with Crippen LogP contribution in [0, 0.1) is 18.3 Å². The average molecular weight is 269 g/mol. The van der Waals surface area contributed by atoms with Crippen molar-refractivity contribution in [2.75, 3.05) is 5.32 Å². The number of amides is 1. The molecule has 0 aliphatic heterocycles. The summed E-state index contributed by atoms with van der Waals surface area (Å²) in [7, 11) is 0. The topological polar surface area (TPSA) is 83.6 Å². The summed E-state index contributed by atoms with van der Waals surface area (Å²) in [5.41, 5.74) is 2.94. The number of hydrogen-bond donors (Lipinski definition) is 1. The molecule has 1 aromatic carbocycles. The summed E-state index contributed by atoms with van der Waals surface area (Å²) < 4.78 is 1.42. The number of hydrogen-bond acceptors (Lipinski definition) is 4. The molecule has 0 fully saturated rings. The number of aromatic nitrogens is 3. The van der Waals surface area contributed by atoms with Gasteiger partial charge < -0.3 is 5.32 Å². The SMILES string of the molecule is CCc1cccc(C)c1NC(=O)Cn1cnnc1C#N. The second-order valence-electron chi connectivity index (χ2n) is 4.41. The molecule has 6 heteroatoms. The summed E-state index contributed by atoms with van der Waals surface area (Å²) in [5.74, 6) is -0.0778. The van der Waals surface area contributed by atoms with Gasteiger partial charge in [0.15, 0.2) is 0 Å². The van der Waals surface area contributed by atoms with Gasteiger partial charge in [0.2, 0.25) is 11.7 Å². The first-order valence-electron chi connectivity index (χ1n) is 6.32. The zero-order valence-electron chi connectivity index (χ0n) is 11.4. The molecule has 102 valence electrons. The number of para-hydroxylation sites is 1. The Bertz CT molecular complexity index is 668. The van der Waals surface area contributed by atoms with E-state index in [1.165, 1.54) is 10.9 Å². The number of carbonyl (C=O) groups is 1. The van der Waals surface area contributed by atoms with Gasteiger partial charge in [-0.1, -0.05) is 25.1 Å². The predicted octanol–water partition coefficient (Wildman–Crippen LogP) is 1.66. The van der Waals surface area contributed by atoms with Gasteiger partial charge in [-0.2, -0.15) is 5.26 Å². The third kappa shape index (κ3) is 2.83. The number of anilines is 1. The lowest BCUT2D eigenvalue weighted by Gasteiger charge is -2.13. The van der Waals surface area contributed by atoms with Crippen LogP contribution in [0.15, 0.2) is 24.5 Å². The van der Waals surface area contributed by atoms with Gasteiger partial charge in [-0.05, 0) is 24.5 Å². The van der Waals surface area contributed by atoms with Gasteiger partial charge in [0.25, 0.3) is 0 Å². The lowest BCUT2D eigenvalue weighted by molar-refractivity contribution is -0.116. The molecule has 2 aromatic rings. The Balaban J connectivity index is 2.15. The molecule has 6 nitrogen and oxygen atoms in total. The largest absolute Gasteiger partial charge is 0.324 e. The normalized spacial score (nSPS) is 10.1. The van der Waals surface area contributed by atoms with Crippen LogP contribution in [0.25, 0.3) is 0 Å². The van der Waals surface area contributed by atoms with Crippen LogP contribution in [-0.4, -0.2) is 20.7 Å². The number of nitrogens with zero attached hydrogens (tertiary/aromatic N) is 4. The summed E-state index contributed by atoms with van der Waals surface area (Å²) >= 11 is 0. The van der Waals surface area contributed by atoms with Gasteiger partial charge in [0.1, 0.15) is 18.9 Å². The summed E-state index contributed by atoms with van der Waals surface area (Å²) in [6.07, 6.45) is 2.21. The lowest BCUT2D eigenvalue weighted by Crippen LogP contribution is -2.20. The highest BCUT2D eigenvalue weighted by Gasteiger charge is 2.11. The van der Waals surface area contributed by atoms with E-state index >= 15 is 0 Å². The van der Waals surface area contributed by atoms with Crippen LogP contribution < -0.4 is 5.32 Å². The van der Waals surface area contributed by atoms with E-state index in [0.717, 1.165) is 23.2 Å². The Kier molecular flexibility index (Phi) is 4.11. The number of carbonyl (C=O) groups excluding carboxylic acids is 1. The number of aryl methyl sites for hydroxylation is 2.